The molecule has 6 heteroatoms. The normalized spacial score (nSPS) is 13.5. The third-order valence-corrected chi connectivity index (χ3v) is 5.78. The molecule has 1 heterocycles. The average Bonchev–Trinajstić information content (AvgIpc) is 2.82. The number of nitrogens with zero attached hydrogens (tertiary/aromatic N) is 1. The molecule has 1 aliphatic rings. The van der Waals surface area contributed by atoms with Gasteiger partial charge in [-0.2, -0.15) is 0 Å². The van der Waals surface area contributed by atoms with Gasteiger partial charge in [0.1, 0.15) is 19.3 Å². The highest BCUT2D eigenvalue weighted by molar-refractivity contribution is 5.87. The Morgan fingerprint density at radius 3 is 2.33 bits per heavy atom. The van der Waals surface area contributed by atoms with Crippen LogP contribution in [0.4, 0.5) is 0 Å². The number of carbonyl (C=O) groups excluding carboxylic acids is 2. The highest BCUT2D eigenvalue weighted by Crippen LogP contribution is 2.31. The summed E-state index contributed by atoms with van der Waals surface area (Å²) in [5.74, 6) is 1.69. The molecule has 3 rings (SSSR count). The Kier molecular flexibility index (Phi) is 8.75. The van der Waals surface area contributed by atoms with Gasteiger partial charge in [-0.05, 0) is 48.9 Å². The highest BCUT2D eigenvalue weighted by Gasteiger charge is 2.28. The molecular weight excluding hydrogens is 416 g/mol. The monoisotopic (exact) mass is 452 g/mol. The Labute approximate surface area is 197 Å². The largest absolute Gasteiger partial charge is 0.486 e. The van der Waals surface area contributed by atoms with Crippen LogP contribution in [0.3, 0.4) is 0 Å². The fourth-order valence-electron chi connectivity index (χ4n) is 3.87. The summed E-state index contributed by atoms with van der Waals surface area (Å²) in [4.78, 5) is 28.1. The van der Waals surface area contributed by atoms with Gasteiger partial charge in [0.2, 0.25) is 11.8 Å². The smallest absolute Gasteiger partial charge is 0.242 e. The van der Waals surface area contributed by atoms with Crippen LogP contribution < -0.4 is 14.8 Å². The molecule has 178 valence electrons. The number of hydrogen-bond acceptors (Lipinski definition) is 4. The summed E-state index contributed by atoms with van der Waals surface area (Å²) >= 11 is 0. The van der Waals surface area contributed by atoms with Crippen LogP contribution in [0.15, 0.2) is 42.5 Å². The molecule has 0 aromatic heterocycles. The van der Waals surface area contributed by atoms with E-state index in [9.17, 15) is 9.59 Å². The van der Waals surface area contributed by atoms with E-state index in [1.165, 1.54) is 0 Å². The van der Waals surface area contributed by atoms with Crippen molar-refractivity contribution in [2.45, 2.75) is 59.5 Å². The number of rotatable bonds is 10. The highest BCUT2D eigenvalue weighted by atomic mass is 16.6. The van der Waals surface area contributed by atoms with Crippen molar-refractivity contribution in [3.8, 4) is 11.5 Å². The van der Waals surface area contributed by atoms with Crippen molar-refractivity contribution >= 4 is 11.8 Å². The third-order valence-electron chi connectivity index (χ3n) is 5.78. The average molecular weight is 453 g/mol. The van der Waals surface area contributed by atoms with Crippen molar-refractivity contribution < 1.29 is 19.1 Å². The van der Waals surface area contributed by atoms with Crippen molar-refractivity contribution in [3.63, 3.8) is 0 Å². The van der Waals surface area contributed by atoms with Crippen LogP contribution in [0.2, 0.25) is 0 Å². The van der Waals surface area contributed by atoms with Crippen molar-refractivity contribution in [1.82, 2.24) is 10.2 Å². The second-order valence-corrected chi connectivity index (χ2v) is 9.05. The van der Waals surface area contributed by atoms with Gasteiger partial charge < -0.3 is 19.7 Å². The summed E-state index contributed by atoms with van der Waals surface area (Å²) in [7, 11) is 0. The molecule has 2 aromatic carbocycles. The number of aryl methyl sites for hydroxylation is 2. The number of ether oxygens (including phenoxy) is 2. The van der Waals surface area contributed by atoms with Gasteiger partial charge in [0.25, 0.3) is 0 Å². The maximum atomic E-state index is 13.4. The fourth-order valence-corrected chi connectivity index (χ4v) is 3.87. The summed E-state index contributed by atoms with van der Waals surface area (Å²) in [5.41, 5.74) is 3.19. The lowest BCUT2D eigenvalue weighted by atomic mass is 10.0. The van der Waals surface area contributed by atoms with E-state index in [1.54, 1.807) is 4.90 Å². The van der Waals surface area contributed by atoms with Crippen LogP contribution in [0.5, 0.6) is 11.5 Å². The van der Waals surface area contributed by atoms with Crippen molar-refractivity contribution in [2.75, 3.05) is 19.8 Å². The van der Waals surface area contributed by atoms with E-state index < -0.39 is 6.04 Å². The van der Waals surface area contributed by atoms with E-state index in [0.29, 0.717) is 51.5 Å². The van der Waals surface area contributed by atoms with E-state index >= 15 is 0 Å². The SMILES string of the molecule is CCC(C(=O)NCC(C)C)N(Cc1ccc(C)cc1)C(=O)CCc1ccc2c(c1)OCCO2. The van der Waals surface area contributed by atoms with Crippen molar-refractivity contribution in [1.29, 1.82) is 0 Å². The number of fused-ring (bicyclic) bond motifs is 1. The number of nitrogens with one attached hydrogen (secondary N) is 1. The molecule has 2 amide bonds. The van der Waals surface area contributed by atoms with E-state index in [0.717, 1.165) is 28.2 Å². The Bertz CT molecular complexity index is 940. The van der Waals surface area contributed by atoms with Crippen LogP contribution >= 0.6 is 0 Å². The molecule has 0 radical (unpaired) electrons. The van der Waals surface area contributed by atoms with Gasteiger partial charge in [-0.25, -0.2) is 0 Å². The van der Waals surface area contributed by atoms with Crippen LogP contribution in [0, 0.1) is 12.8 Å². The molecule has 1 unspecified atom stereocenters. The van der Waals surface area contributed by atoms with Crippen LogP contribution in [0.1, 0.15) is 50.3 Å². The van der Waals surface area contributed by atoms with Gasteiger partial charge in [-0.15, -0.1) is 0 Å². The topological polar surface area (TPSA) is 67.9 Å². The lowest BCUT2D eigenvalue weighted by Crippen LogP contribution is -2.49. The first kappa shape index (κ1) is 24.6. The molecule has 0 spiro atoms. The van der Waals surface area contributed by atoms with Crippen LogP contribution in [0.25, 0.3) is 0 Å². The van der Waals surface area contributed by atoms with Crippen molar-refractivity contribution in [3.05, 3.63) is 59.2 Å². The third kappa shape index (κ3) is 6.98. The minimum Gasteiger partial charge on any atom is -0.486 e. The van der Waals surface area contributed by atoms with Gasteiger partial charge in [0.05, 0.1) is 0 Å². The second-order valence-electron chi connectivity index (χ2n) is 9.05. The predicted molar refractivity (Wildman–Crippen MR) is 129 cm³/mol. The summed E-state index contributed by atoms with van der Waals surface area (Å²) in [5, 5.41) is 3.01. The lowest BCUT2D eigenvalue weighted by molar-refractivity contribution is -0.141. The van der Waals surface area contributed by atoms with E-state index in [-0.39, 0.29) is 11.8 Å². The molecule has 0 fully saturated rings. The first-order valence-electron chi connectivity index (χ1n) is 11.9. The van der Waals surface area contributed by atoms with Gasteiger partial charge in [0.15, 0.2) is 11.5 Å². The first-order valence-corrected chi connectivity index (χ1v) is 11.9. The lowest BCUT2D eigenvalue weighted by Gasteiger charge is -2.31. The fraction of sp³-hybridized carbons (Fsp3) is 0.481. The molecule has 1 N–H and O–H groups in total. The molecule has 2 aromatic rings. The van der Waals surface area contributed by atoms with E-state index in [4.69, 9.17) is 9.47 Å². The molecule has 0 saturated carbocycles. The van der Waals surface area contributed by atoms with Gasteiger partial charge >= 0.3 is 0 Å². The van der Waals surface area contributed by atoms with Gasteiger partial charge in [-0.1, -0.05) is 56.7 Å². The minimum absolute atomic E-state index is 0.0305. The zero-order chi connectivity index (χ0) is 23.8. The Hall–Kier alpha value is -3.02. The Balaban J connectivity index is 1.74. The molecule has 6 nitrogen and oxygen atoms in total. The van der Waals surface area contributed by atoms with Crippen LogP contribution in [-0.4, -0.2) is 42.5 Å². The van der Waals surface area contributed by atoms with Gasteiger partial charge in [-0.3, -0.25) is 9.59 Å². The first-order chi connectivity index (χ1) is 15.9. The number of benzene rings is 2. The molecule has 1 atom stereocenters. The molecule has 1 aliphatic heterocycles. The zero-order valence-corrected chi connectivity index (χ0v) is 20.2. The maximum absolute atomic E-state index is 13.4. The summed E-state index contributed by atoms with van der Waals surface area (Å²) in [6, 6.07) is 13.4. The standard InChI is InChI=1S/C27H36N2O4/c1-5-23(27(31)28-17-19(2)3)29(18-22-8-6-20(4)7-9-22)26(30)13-11-21-10-12-24-25(16-21)33-15-14-32-24/h6-10,12,16,19,23H,5,11,13-15,17-18H2,1-4H3,(H,28,31). The molecule has 0 bridgehead atoms. The zero-order valence-electron chi connectivity index (χ0n) is 20.2. The number of hydrogen-bond donors (Lipinski definition) is 1. The Morgan fingerprint density at radius 2 is 1.67 bits per heavy atom. The van der Waals surface area contributed by atoms with Crippen LogP contribution in [-0.2, 0) is 22.6 Å². The summed E-state index contributed by atoms with van der Waals surface area (Å²) in [6.07, 6.45) is 1.45. The Morgan fingerprint density at radius 1 is 1.00 bits per heavy atom. The number of amides is 2. The van der Waals surface area contributed by atoms with Crippen molar-refractivity contribution in [2.24, 2.45) is 5.92 Å². The summed E-state index contributed by atoms with van der Waals surface area (Å²) in [6.45, 7) is 10.2. The predicted octanol–water partition coefficient (Wildman–Crippen LogP) is 4.28. The molecule has 33 heavy (non-hydrogen) atoms. The van der Waals surface area contributed by atoms with Gasteiger partial charge in [0, 0.05) is 19.5 Å². The van der Waals surface area contributed by atoms with E-state index in [2.05, 4.69) is 19.2 Å². The molecule has 0 saturated heterocycles. The quantitative estimate of drug-likeness (QED) is 0.584. The van der Waals surface area contributed by atoms with E-state index in [1.807, 2.05) is 56.3 Å². The number of carbonyl (C=O) groups is 2. The minimum atomic E-state index is -0.502. The molecular formula is C27H36N2O4. The molecule has 0 aliphatic carbocycles. The summed E-state index contributed by atoms with van der Waals surface area (Å²) < 4.78 is 11.3. The second kappa shape index (κ2) is 11.7. The maximum Gasteiger partial charge on any atom is 0.242 e.